The zero-order valence-electron chi connectivity index (χ0n) is 6.55. The number of nitrogens with one attached hydrogen (secondary N) is 2. The van der Waals surface area contributed by atoms with Gasteiger partial charge in [0.1, 0.15) is 6.04 Å². The normalized spacial score (nSPS) is 11.9. The second-order valence-electron chi connectivity index (χ2n) is 2.05. The second-order valence-corrected chi connectivity index (χ2v) is 2.05. The summed E-state index contributed by atoms with van der Waals surface area (Å²) < 4.78 is 0. The van der Waals surface area contributed by atoms with Crippen molar-refractivity contribution in [1.82, 2.24) is 10.6 Å². The Kier molecular flexibility index (Phi) is 4.21. The molecule has 0 aromatic heterocycles. The third-order valence-corrected chi connectivity index (χ3v) is 1.12. The van der Waals surface area contributed by atoms with E-state index in [1.807, 2.05) is 0 Å². The summed E-state index contributed by atoms with van der Waals surface area (Å²) in [6.45, 7) is 0.894. The van der Waals surface area contributed by atoms with E-state index in [1.165, 1.54) is 14.0 Å². The van der Waals surface area contributed by atoms with E-state index in [9.17, 15) is 9.59 Å². The van der Waals surface area contributed by atoms with Gasteiger partial charge in [0.2, 0.25) is 11.8 Å². The van der Waals surface area contributed by atoms with Gasteiger partial charge in [-0.25, -0.2) is 0 Å². The van der Waals surface area contributed by atoms with Gasteiger partial charge in [-0.15, -0.1) is 0 Å². The standard InChI is InChI=1S/C6H12N2O3/c1-4(10)8-5(3-9)6(11)7-2/h5,9H,3H2,1-2H3,(H,7,11)(H,8,10). The van der Waals surface area contributed by atoms with Gasteiger partial charge in [-0.3, -0.25) is 9.59 Å². The highest BCUT2D eigenvalue weighted by atomic mass is 16.3. The highest BCUT2D eigenvalue weighted by Gasteiger charge is 2.15. The first-order chi connectivity index (χ1) is 5.11. The number of aliphatic hydroxyl groups excluding tert-OH is 1. The van der Waals surface area contributed by atoms with Gasteiger partial charge in [0.15, 0.2) is 0 Å². The third-order valence-electron chi connectivity index (χ3n) is 1.12. The summed E-state index contributed by atoms with van der Waals surface area (Å²) in [6.07, 6.45) is 0. The van der Waals surface area contributed by atoms with Gasteiger partial charge < -0.3 is 15.7 Å². The Labute approximate surface area is 64.8 Å². The molecule has 1 atom stereocenters. The van der Waals surface area contributed by atoms with E-state index in [0.717, 1.165) is 0 Å². The van der Waals surface area contributed by atoms with Crippen LogP contribution in [-0.4, -0.2) is 36.6 Å². The van der Waals surface area contributed by atoms with Crippen LogP contribution in [-0.2, 0) is 9.59 Å². The van der Waals surface area contributed by atoms with Gasteiger partial charge >= 0.3 is 0 Å². The van der Waals surface area contributed by atoms with Crippen molar-refractivity contribution >= 4 is 11.8 Å². The van der Waals surface area contributed by atoms with Crippen LogP contribution in [0, 0.1) is 0 Å². The highest BCUT2D eigenvalue weighted by Crippen LogP contribution is 1.80. The lowest BCUT2D eigenvalue weighted by molar-refractivity contribution is -0.128. The lowest BCUT2D eigenvalue weighted by atomic mass is 10.3. The monoisotopic (exact) mass is 160 g/mol. The molecule has 0 saturated carbocycles. The predicted molar refractivity (Wildman–Crippen MR) is 38.8 cm³/mol. The molecule has 0 radical (unpaired) electrons. The maximum atomic E-state index is 10.8. The first-order valence-electron chi connectivity index (χ1n) is 3.21. The van der Waals surface area contributed by atoms with Crippen molar-refractivity contribution in [1.29, 1.82) is 0 Å². The number of hydrogen-bond acceptors (Lipinski definition) is 3. The molecule has 1 unspecified atom stereocenters. The maximum absolute atomic E-state index is 10.8. The number of aliphatic hydroxyl groups is 1. The zero-order valence-corrected chi connectivity index (χ0v) is 6.55. The molecule has 0 saturated heterocycles. The van der Waals surface area contributed by atoms with E-state index in [1.54, 1.807) is 0 Å². The van der Waals surface area contributed by atoms with E-state index >= 15 is 0 Å². The lowest BCUT2D eigenvalue weighted by Gasteiger charge is -2.12. The average Bonchev–Trinajstić information content (AvgIpc) is 1.98. The molecule has 11 heavy (non-hydrogen) atoms. The molecular formula is C6H12N2O3. The molecule has 0 aliphatic heterocycles. The fourth-order valence-electron chi connectivity index (χ4n) is 0.614. The fraction of sp³-hybridized carbons (Fsp3) is 0.667. The molecule has 64 valence electrons. The van der Waals surface area contributed by atoms with Gasteiger partial charge in [0.25, 0.3) is 0 Å². The minimum Gasteiger partial charge on any atom is -0.394 e. The molecule has 3 N–H and O–H groups in total. The van der Waals surface area contributed by atoms with Crippen LogP contribution >= 0.6 is 0 Å². The van der Waals surface area contributed by atoms with Gasteiger partial charge in [0.05, 0.1) is 6.61 Å². The highest BCUT2D eigenvalue weighted by molar-refractivity contribution is 5.86. The topological polar surface area (TPSA) is 78.4 Å². The van der Waals surface area contributed by atoms with Gasteiger partial charge in [-0.2, -0.15) is 0 Å². The van der Waals surface area contributed by atoms with Crippen LogP contribution < -0.4 is 10.6 Å². The van der Waals surface area contributed by atoms with E-state index < -0.39 is 11.9 Å². The Morgan fingerprint density at radius 2 is 2.09 bits per heavy atom. The molecule has 0 aliphatic rings. The summed E-state index contributed by atoms with van der Waals surface area (Å²) in [4.78, 5) is 21.2. The molecule has 0 spiro atoms. The number of likely N-dealkylation sites (N-methyl/N-ethyl adjacent to an activating group) is 1. The Balaban J connectivity index is 3.94. The molecule has 5 nitrogen and oxygen atoms in total. The summed E-state index contributed by atoms with van der Waals surface area (Å²) in [7, 11) is 1.44. The summed E-state index contributed by atoms with van der Waals surface area (Å²) in [5, 5.41) is 13.2. The molecule has 0 heterocycles. The van der Waals surface area contributed by atoms with Crippen LogP contribution in [0.25, 0.3) is 0 Å². The summed E-state index contributed by atoms with van der Waals surface area (Å²) in [5.41, 5.74) is 0. The third kappa shape index (κ3) is 3.57. The van der Waals surface area contributed by atoms with E-state index in [0.29, 0.717) is 0 Å². The van der Waals surface area contributed by atoms with Crippen molar-refractivity contribution in [3.8, 4) is 0 Å². The first kappa shape index (κ1) is 9.90. The summed E-state index contributed by atoms with van der Waals surface area (Å²) >= 11 is 0. The van der Waals surface area contributed by atoms with Gasteiger partial charge in [0, 0.05) is 14.0 Å². The molecule has 2 amide bonds. The average molecular weight is 160 g/mol. The van der Waals surface area contributed by atoms with Crippen LogP contribution in [0.3, 0.4) is 0 Å². The van der Waals surface area contributed by atoms with Crippen molar-refractivity contribution in [2.75, 3.05) is 13.7 Å². The number of carbonyl (C=O) groups is 2. The number of hydrogen-bond donors (Lipinski definition) is 3. The molecule has 5 heteroatoms. The molecule has 0 fully saturated rings. The summed E-state index contributed by atoms with van der Waals surface area (Å²) in [6, 6.07) is -0.836. The maximum Gasteiger partial charge on any atom is 0.244 e. The van der Waals surface area contributed by atoms with Crippen molar-refractivity contribution in [2.45, 2.75) is 13.0 Å². The Bertz CT molecular complexity index is 158. The minimum atomic E-state index is -0.836. The van der Waals surface area contributed by atoms with E-state index in [4.69, 9.17) is 5.11 Å². The Morgan fingerprint density at radius 3 is 2.36 bits per heavy atom. The molecule has 0 aliphatic carbocycles. The molecule has 0 rings (SSSR count). The van der Waals surface area contributed by atoms with Gasteiger partial charge in [-0.05, 0) is 0 Å². The smallest absolute Gasteiger partial charge is 0.244 e. The minimum absolute atomic E-state index is 0.340. The van der Waals surface area contributed by atoms with E-state index in [-0.39, 0.29) is 12.5 Å². The van der Waals surface area contributed by atoms with Crippen LogP contribution in [0.5, 0.6) is 0 Å². The van der Waals surface area contributed by atoms with Crippen molar-refractivity contribution in [3.05, 3.63) is 0 Å². The zero-order chi connectivity index (χ0) is 8.85. The van der Waals surface area contributed by atoms with Crippen LogP contribution in [0.2, 0.25) is 0 Å². The predicted octanol–water partition coefficient (Wildman–Crippen LogP) is -1.77. The second kappa shape index (κ2) is 4.68. The number of amides is 2. The largest absolute Gasteiger partial charge is 0.394 e. The molecule has 0 aromatic rings. The van der Waals surface area contributed by atoms with Crippen LogP contribution in [0.4, 0.5) is 0 Å². The van der Waals surface area contributed by atoms with Crippen molar-refractivity contribution in [2.24, 2.45) is 0 Å². The molecule has 0 bridgehead atoms. The quantitative estimate of drug-likeness (QED) is 0.457. The van der Waals surface area contributed by atoms with E-state index in [2.05, 4.69) is 10.6 Å². The number of rotatable bonds is 3. The lowest BCUT2D eigenvalue weighted by Crippen LogP contribution is -2.47. The Hall–Kier alpha value is -1.10. The van der Waals surface area contributed by atoms with Gasteiger partial charge in [-0.1, -0.05) is 0 Å². The fourth-order valence-corrected chi connectivity index (χ4v) is 0.614. The Morgan fingerprint density at radius 1 is 1.55 bits per heavy atom. The SMILES string of the molecule is CNC(=O)C(CO)NC(C)=O. The van der Waals surface area contributed by atoms with Crippen LogP contribution in [0.1, 0.15) is 6.92 Å². The summed E-state index contributed by atoms with van der Waals surface area (Å²) in [5.74, 6) is -0.740. The van der Waals surface area contributed by atoms with Crippen LogP contribution in [0.15, 0.2) is 0 Å². The van der Waals surface area contributed by atoms with Crippen molar-refractivity contribution in [3.63, 3.8) is 0 Å². The molecule has 0 aromatic carbocycles. The first-order valence-corrected chi connectivity index (χ1v) is 3.21. The van der Waals surface area contributed by atoms with Crippen molar-refractivity contribution < 1.29 is 14.7 Å². The molecular weight excluding hydrogens is 148 g/mol. The number of carbonyl (C=O) groups excluding carboxylic acids is 2.